The van der Waals surface area contributed by atoms with Crippen molar-refractivity contribution < 1.29 is 4.39 Å². The summed E-state index contributed by atoms with van der Waals surface area (Å²) in [5, 5.41) is 1.24. The molecule has 0 N–H and O–H groups in total. The molecule has 138 valence electrons. The van der Waals surface area contributed by atoms with Crippen LogP contribution < -0.4 is 4.90 Å². The number of rotatable bonds is 3. The lowest BCUT2D eigenvalue weighted by molar-refractivity contribution is 0.310. The molecule has 5 rings (SSSR count). The van der Waals surface area contributed by atoms with Crippen molar-refractivity contribution in [1.29, 1.82) is 0 Å². The minimum absolute atomic E-state index is 0.199. The van der Waals surface area contributed by atoms with Gasteiger partial charge in [-0.05, 0) is 30.8 Å². The van der Waals surface area contributed by atoms with Crippen LogP contribution in [0.2, 0.25) is 0 Å². The smallest absolute Gasteiger partial charge is 0.207 e. The summed E-state index contributed by atoms with van der Waals surface area (Å²) in [6.45, 7) is 4.72. The predicted molar refractivity (Wildman–Crippen MR) is 110 cm³/mol. The van der Waals surface area contributed by atoms with E-state index in [2.05, 4.69) is 45.7 Å². The molecule has 4 aromatic rings. The van der Waals surface area contributed by atoms with Crippen LogP contribution in [0.5, 0.6) is 0 Å². The number of piperazine rings is 1. The highest BCUT2D eigenvalue weighted by Crippen LogP contribution is 2.37. The summed E-state index contributed by atoms with van der Waals surface area (Å²) in [4.78, 5) is 10.8. The molecular weight excluding hydrogens is 359 g/mol. The molecule has 0 saturated carbocycles. The zero-order valence-corrected chi connectivity index (χ0v) is 16.0. The molecule has 1 aliphatic heterocycles. The lowest BCUT2D eigenvalue weighted by Gasteiger charge is -2.33. The van der Waals surface area contributed by atoms with Crippen LogP contribution in [-0.4, -0.2) is 47.7 Å². The van der Waals surface area contributed by atoms with E-state index in [-0.39, 0.29) is 5.82 Å². The topological polar surface area (TPSA) is 24.3 Å². The van der Waals surface area contributed by atoms with Gasteiger partial charge in [0.2, 0.25) is 5.95 Å². The highest BCUT2D eigenvalue weighted by molar-refractivity contribution is 7.25. The van der Waals surface area contributed by atoms with E-state index >= 15 is 0 Å². The first-order valence-electron chi connectivity index (χ1n) is 9.25. The van der Waals surface area contributed by atoms with Crippen LogP contribution >= 0.6 is 11.3 Å². The van der Waals surface area contributed by atoms with Gasteiger partial charge in [-0.15, -0.1) is 11.3 Å². The van der Waals surface area contributed by atoms with E-state index in [1.54, 1.807) is 11.3 Å². The average molecular weight is 380 g/mol. The Hall–Kier alpha value is -2.44. The zero-order chi connectivity index (χ0) is 18.4. The Morgan fingerprint density at radius 3 is 2.52 bits per heavy atom. The number of hydrogen-bond donors (Lipinski definition) is 0. The second kappa shape index (κ2) is 6.62. The SMILES string of the molecule is CN1CCN(c2nc3sc4ccccc4c3n2Cc2ccc(F)cc2)CC1. The maximum Gasteiger partial charge on any atom is 0.207 e. The molecule has 2 aromatic heterocycles. The van der Waals surface area contributed by atoms with Crippen molar-refractivity contribution in [1.82, 2.24) is 14.5 Å². The molecular formula is C21H21FN4S. The van der Waals surface area contributed by atoms with Gasteiger partial charge in [-0.1, -0.05) is 30.3 Å². The third-order valence-corrected chi connectivity index (χ3v) is 6.36. The number of benzene rings is 2. The predicted octanol–water partition coefficient (Wildman–Crippen LogP) is 4.19. The number of hydrogen-bond acceptors (Lipinski definition) is 4. The fourth-order valence-corrected chi connectivity index (χ4v) is 4.85. The standard InChI is InChI=1S/C21H21FN4S/c1-24-10-12-25(13-11-24)21-23-20-19(17-4-2-3-5-18(17)27-20)26(21)14-15-6-8-16(22)9-7-15/h2-9H,10-14H2,1H3. The second-order valence-corrected chi connectivity index (χ2v) is 8.20. The van der Waals surface area contributed by atoms with Crippen molar-refractivity contribution >= 4 is 37.7 Å². The van der Waals surface area contributed by atoms with Crippen molar-refractivity contribution in [2.24, 2.45) is 0 Å². The fourth-order valence-electron chi connectivity index (χ4n) is 3.78. The Labute approximate surface area is 161 Å². The number of imidazole rings is 1. The van der Waals surface area contributed by atoms with Gasteiger partial charge in [-0.2, -0.15) is 0 Å². The molecule has 0 amide bonds. The van der Waals surface area contributed by atoms with Crippen LogP contribution in [0.4, 0.5) is 10.3 Å². The second-order valence-electron chi connectivity index (χ2n) is 7.17. The molecule has 4 nitrogen and oxygen atoms in total. The molecule has 0 unspecified atom stereocenters. The van der Waals surface area contributed by atoms with E-state index in [0.29, 0.717) is 6.54 Å². The average Bonchev–Trinajstić information content (AvgIpc) is 3.21. The normalized spacial score (nSPS) is 15.9. The Kier molecular flexibility index (Phi) is 4.10. The van der Waals surface area contributed by atoms with Crippen molar-refractivity contribution in [2.75, 3.05) is 38.1 Å². The van der Waals surface area contributed by atoms with E-state index in [9.17, 15) is 4.39 Å². The molecule has 3 heterocycles. The van der Waals surface area contributed by atoms with Gasteiger partial charge in [0.25, 0.3) is 0 Å². The number of anilines is 1. The summed E-state index contributed by atoms with van der Waals surface area (Å²) in [7, 11) is 2.16. The van der Waals surface area contributed by atoms with Gasteiger partial charge in [0, 0.05) is 36.3 Å². The molecule has 0 bridgehead atoms. The number of aromatic nitrogens is 2. The number of fused-ring (bicyclic) bond motifs is 3. The van der Waals surface area contributed by atoms with Gasteiger partial charge in [-0.25, -0.2) is 9.37 Å². The Morgan fingerprint density at radius 1 is 1.00 bits per heavy atom. The van der Waals surface area contributed by atoms with Crippen LogP contribution in [0.1, 0.15) is 5.56 Å². The molecule has 2 aromatic carbocycles. The molecule has 27 heavy (non-hydrogen) atoms. The third-order valence-electron chi connectivity index (χ3n) is 5.30. The van der Waals surface area contributed by atoms with Crippen LogP contribution in [0, 0.1) is 5.82 Å². The van der Waals surface area contributed by atoms with Crippen molar-refractivity contribution in [3.8, 4) is 0 Å². The maximum absolute atomic E-state index is 13.4. The minimum Gasteiger partial charge on any atom is -0.340 e. The van der Waals surface area contributed by atoms with Crippen molar-refractivity contribution in [3.05, 3.63) is 59.9 Å². The first-order chi connectivity index (χ1) is 13.2. The molecule has 6 heteroatoms. The van der Waals surface area contributed by atoms with Gasteiger partial charge in [0.15, 0.2) is 0 Å². The summed E-state index contributed by atoms with van der Waals surface area (Å²) >= 11 is 1.75. The van der Waals surface area contributed by atoms with Gasteiger partial charge in [0.05, 0.1) is 12.1 Å². The monoisotopic (exact) mass is 380 g/mol. The highest BCUT2D eigenvalue weighted by atomic mass is 32.1. The van der Waals surface area contributed by atoms with Crippen molar-refractivity contribution in [2.45, 2.75) is 6.54 Å². The Morgan fingerprint density at radius 2 is 1.74 bits per heavy atom. The lowest BCUT2D eigenvalue weighted by atomic mass is 10.2. The van der Waals surface area contributed by atoms with E-state index in [4.69, 9.17) is 4.98 Å². The molecule has 0 aliphatic carbocycles. The van der Waals surface area contributed by atoms with Gasteiger partial charge >= 0.3 is 0 Å². The molecule has 0 radical (unpaired) electrons. The maximum atomic E-state index is 13.4. The minimum atomic E-state index is -0.199. The summed E-state index contributed by atoms with van der Waals surface area (Å²) in [5.74, 6) is 0.828. The largest absolute Gasteiger partial charge is 0.340 e. The van der Waals surface area contributed by atoms with Crippen LogP contribution in [0.25, 0.3) is 20.4 Å². The molecule has 0 atom stereocenters. The number of thiophene rings is 1. The number of likely N-dealkylation sites (N-methyl/N-ethyl adjacent to an activating group) is 1. The fraction of sp³-hybridized carbons (Fsp3) is 0.286. The molecule has 1 fully saturated rings. The quantitative estimate of drug-likeness (QED) is 0.533. The first-order valence-corrected chi connectivity index (χ1v) is 10.1. The van der Waals surface area contributed by atoms with E-state index in [1.165, 1.54) is 27.7 Å². The van der Waals surface area contributed by atoms with Gasteiger partial charge in [-0.3, -0.25) is 0 Å². The summed E-state index contributed by atoms with van der Waals surface area (Å²) in [5.41, 5.74) is 2.27. The van der Waals surface area contributed by atoms with E-state index in [0.717, 1.165) is 42.5 Å². The van der Waals surface area contributed by atoms with Crippen LogP contribution in [-0.2, 0) is 6.54 Å². The molecule has 1 aliphatic rings. The summed E-state index contributed by atoms with van der Waals surface area (Å²) in [6.07, 6.45) is 0. The summed E-state index contributed by atoms with van der Waals surface area (Å²) in [6, 6.07) is 15.3. The Bertz CT molecular complexity index is 1090. The van der Waals surface area contributed by atoms with Crippen LogP contribution in [0.15, 0.2) is 48.5 Å². The number of nitrogens with zero attached hydrogens (tertiary/aromatic N) is 4. The van der Waals surface area contributed by atoms with Crippen molar-refractivity contribution in [3.63, 3.8) is 0 Å². The Balaban J connectivity index is 1.65. The number of halogens is 1. The third kappa shape index (κ3) is 2.99. The van der Waals surface area contributed by atoms with Gasteiger partial charge < -0.3 is 14.4 Å². The lowest BCUT2D eigenvalue weighted by Crippen LogP contribution is -2.45. The van der Waals surface area contributed by atoms with E-state index in [1.807, 2.05) is 12.1 Å². The van der Waals surface area contributed by atoms with Crippen LogP contribution in [0.3, 0.4) is 0 Å². The van der Waals surface area contributed by atoms with Gasteiger partial charge in [0.1, 0.15) is 10.6 Å². The summed E-state index contributed by atoms with van der Waals surface area (Å²) < 4.78 is 16.9. The molecule has 1 saturated heterocycles. The first kappa shape index (κ1) is 16.7. The zero-order valence-electron chi connectivity index (χ0n) is 15.2. The molecule has 0 spiro atoms. The highest BCUT2D eigenvalue weighted by Gasteiger charge is 2.23. The van der Waals surface area contributed by atoms with E-state index < -0.39 is 0 Å².